The van der Waals surface area contributed by atoms with Crippen LogP contribution in [0.25, 0.3) is 5.65 Å². The molecule has 1 aliphatic carbocycles. The molecule has 0 amide bonds. The maximum atomic E-state index is 4.59. The highest BCUT2D eigenvalue weighted by atomic mass is 15.4. The number of aromatic nitrogens is 7. The Hall–Kier alpha value is -2.35. The predicted octanol–water partition coefficient (Wildman–Crippen LogP) is 1.74. The Morgan fingerprint density at radius 3 is 2.68 bits per heavy atom. The summed E-state index contributed by atoms with van der Waals surface area (Å²) >= 11 is 0. The van der Waals surface area contributed by atoms with Gasteiger partial charge in [-0.25, -0.2) is 0 Å². The highest BCUT2D eigenvalue weighted by molar-refractivity contribution is 5.36. The van der Waals surface area contributed by atoms with Crippen LogP contribution in [0.15, 0.2) is 18.5 Å². The fraction of sp³-hybridized carbons (Fsp3) is 0.588. The van der Waals surface area contributed by atoms with Gasteiger partial charge in [0.15, 0.2) is 11.5 Å². The second-order valence-corrected chi connectivity index (χ2v) is 7.24. The summed E-state index contributed by atoms with van der Waals surface area (Å²) < 4.78 is 4.17. The van der Waals surface area contributed by atoms with Crippen LogP contribution in [-0.4, -0.2) is 52.6 Å². The van der Waals surface area contributed by atoms with E-state index >= 15 is 0 Å². The Morgan fingerprint density at radius 2 is 1.88 bits per heavy atom. The summed E-state index contributed by atoms with van der Waals surface area (Å²) in [5, 5.41) is 21.7. The lowest BCUT2D eigenvalue weighted by molar-refractivity contribution is 0.194. The molecule has 0 spiro atoms. The van der Waals surface area contributed by atoms with Crippen LogP contribution in [0.2, 0.25) is 0 Å². The van der Waals surface area contributed by atoms with Crippen molar-refractivity contribution in [1.29, 1.82) is 0 Å². The molecular formula is C17H22N8. The minimum absolute atomic E-state index is 0.418. The maximum absolute atomic E-state index is 4.59. The van der Waals surface area contributed by atoms with E-state index in [1.807, 2.05) is 29.9 Å². The van der Waals surface area contributed by atoms with Crippen molar-refractivity contribution in [3.05, 3.63) is 35.8 Å². The van der Waals surface area contributed by atoms with Gasteiger partial charge in [-0.15, -0.1) is 20.4 Å². The molecule has 3 aromatic rings. The van der Waals surface area contributed by atoms with Crippen molar-refractivity contribution in [2.45, 2.75) is 51.1 Å². The van der Waals surface area contributed by atoms with Gasteiger partial charge in [0.05, 0.1) is 12.2 Å². The number of piperidine rings is 1. The molecule has 5 rings (SSSR count). The highest BCUT2D eigenvalue weighted by Gasteiger charge is 2.29. The fourth-order valence-corrected chi connectivity index (χ4v) is 3.74. The Kier molecular flexibility index (Phi) is 3.51. The van der Waals surface area contributed by atoms with Crippen molar-refractivity contribution < 1.29 is 0 Å². The van der Waals surface area contributed by atoms with Crippen LogP contribution in [0.1, 0.15) is 55.0 Å². The second-order valence-electron chi connectivity index (χ2n) is 7.24. The highest BCUT2D eigenvalue weighted by Crippen LogP contribution is 2.35. The largest absolute Gasteiger partial charge is 0.313 e. The minimum atomic E-state index is 0.418. The predicted molar refractivity (Wildman–Crippen MR) is 91.1 cm³/mol. The van der Waals surface area contributed by atoms with Crippen molar-refractivity contribution in [2.24, 2.45) is 0 Å². The van der Waals surface area contributed by atoms with Crippen LogP contribution >= 0.6 is 0 Å². The topological polar surface area (TPSA) is 77.0 Å². The van der Waals surface area contributed by atoms with E-state index in [4.69, 9.17) is 0 Å². The molecule has 0 unspecified atom stereocenters. The van der Waals surface area contributed by atoms with E-state index in [0.29, 0.717) is 12.0 Å². The number of likely N-dealkylation sites (tertiary alicyclic amines) is 1. The Balaban J connectivity index is 1.27. The maximum Gasteiger partial charge on any atom is 0.177 e. The van der Waals surface area contributed by atoms with E-state index in [0.717, 1.165) is 55.5 Å². The first-order valence-electron chi connectivity index (χ1n) is 9.07. The Labute approximate surface area is 145 Å². The molecule has 1 saturated heterocycles. The van der Waals surface area contributed by atoms with E-state index < -0.39 is 0 Å². The summed E-state index contributed by atoms with van der Waals surface area (Å²) in [5.74, 6) is 2.52. The second kappa shape index (κ2) is 5.87. The molecule has 25 heavy (non-hydrogen) atoms. The lowest BCUT2D eigenvalue weighted by atomic mass is 9.96. The standard InChI is InChI=1S/C17H22N8/c1-12-2-5-15-20-21-17(25(15)22-12)13-6-8-23(9-7-13)10-16-19-18-11-24(16)14-3-4-14/h2,5,11,13-14H,3-4,6-10H2,1H3. The van der Waals surface area contributed by atoms with Gasteiger partial charge in [-0.3, -0.25) is 4.90 Å². The molecule has 3 aromatic heterocycles. The fourth-order valence-electron chi connectivity index (χ4n) is 3.74. The molecule has 8 heteroatoms. The number of nitrogens with zero attached hydrogens (tertiary/aromatic N) is 8. The lowest BCUT2D eigenvalue weighted by Gasteiger charge is -2.30. The zero-order chi connectivity index (χ0) is 16.8. The first-order valence-corrected chi connectivity index (χ1v) is 9.07. The van der Waals surface area contributed by atoms with Gasteiger partial charge in [0.2, 0.25) is 0 Å². The quantitative estimate of drug-likeness (QED) is 0.721. The Bertz CT molecular complexity index is 885. The molecule has 0 bridgehead atoms. The molecule has 0 atom stereocenters. The molecule has 8 nitrogen and oxygen atoms in total. The van der Waals surface area contributed by atoms with Crippen LogP contribution in [0, 0.1) is 6.92 Å². The molecule has 1 saturated carbocycles. The number of hydrogen-bond acceptors (Lipinski definition) is 6. The average Bonchev–Trinajstić information content (AvgIpc) is 3.22. The lowest BCUT2D eigenvalue weighted by Crippen LogP contribution is -2.34. The van der Waals surface area contributed by atoms with Gasteiger partial charge in [-0.2, -0.15) is 9.61 Å². The molecule has 0 aromatic carbocycles. The minimum Gasteiger partial charge on any atom is -0.313 e. The monoisotopic (exact) mass is 338 g/mol. The van der Waals surface area contributed by atoms with Crippen molar-refractivity contribution in [3.8, 4) is 0 Å². The van der Waals surface area contributed by atoms with E-state index in [1.54, 1.807) is 0 Å². The third-order valence-electron chi connectivity index (χ3n) is 5.33. The van der Waals surface area contributed by atoms with Crippen molar-refractivity contribution >= 4 is 5.65 Å². The summed E-state index contributed by atoms with van der Waals surface area (Å²) in [6, 6.07) is 4.60. The molecule has 0 radical (unpaired) electrons. The van der Waals surface area contributed by atoms with E-state index in [1.165, 1.54) is 12.8 Å². The number of hydrogen-bond donors (Lipinski definition) is 0. The third kappa shape index (κ3) is 2.80. The summed E-state index contributed by atoms with van der Waals surface area (Å²) in [6.07, 6.45) is 6.57. The van der Waals surface area contributed by atoms with Crippen molar-refractivity contribution in [2.75, 3.05) is 13.1 Å². The molecule has 1 aliphatic heterocycles. The van der Waals surface area contributed by atoms with Gasteiger partial charge in [0.1, 0.15) is 12.2 Å². The smallest absolute Gasteiger partial charge is 0.177 e. The third-order valence-corrected chi connectivity index (χ3v) is 5.33. The summed E-state index contributed by atoms with van der Waals surface area (Å²) in [4.78, 5) is 2.47. The SMILES string of the molecule is Cc1ccc2nnc(C3CCN(Cc4nncn4C4CC4)CC3)n2n1. The van der Waals surface area contributed by atoms with Gasteiger partial charge in [-0.05, 0) is 57.8 Å². The van der Waals surface area contributed by atoms with Crippen LogP contribution in [0.4, 0.5) is 0 Å². The van der Waals surface area contributed by atoms with Gasteiger partial charge < -0.3 is 4.57 Å². The van der Waals surface area contributed by atoms with E-state index in [2.05, 4.69) is 35.0 Å². The normalized spacial score (nSPS) is 19.7. The summed E-state index contributed by atoms with van der Waals surface area (Å²) in [6.45, 7) is 4.98. The zero-order valence-electron chi connectivity index (χ0n) is 14.4. The molecule has 0 N–H and O–H groups in total. The van der Waals surface area contributed by atoms with Crippen molar-refractivity contribution in [3.63, 3.8) is 0 Å². The van der Waals surface area contributed by atoms with Crippen LogP contribution in [0.5, 0.6) is 0 Å². The number of fused-ring (bicyclic) bond motifs is 1. The van der Waals surface area contributed by atoms with Crippen LogP contribution < -0.4 is 0 Å². The molecule has 130 valence electrons. The molecule has 2 aliphatic rings. The van der Waals surface area contributed by atoms with Gasteiger partial charge in [-0.1, -0.05) is 0 Å². The first kappa shape index (κ1) is 14.9. The van der Waals surface area contributed by atoms with Gasteiger partial charge in [0.25, 0.3) is 0 Å². The first-order chi connectivity index (χ1) is 12.3. The summed E-state index contributed by atoms with van der Waals surface area (Å²) in [5.41, 5.74) is 1.82. The number of aryl methyl sites for hydroxylation is 1. The van der Waals surface area contributed by atoms with Crippen molar-refractivity contribution in [1.82, 2.24) is 39.5 Å². The number of rotatable bonds is 4. The van der Waals surface area contributed by atoms with Gasteiger partial charge >= 0.3 is 0 Å². The summed E-state index contributed by atoms with van der Waals surface area (Å²) in [7, 11) is 0. The Morgan fingerprint density at radius 1 is 1.04 bits per heavy atom. The van der Waals surface area contributed by atoms with E-state index in [9.17, 15) is 0 Å². The zero-order valence-corrected chi connectivity index (χ0v) is 14.4. The average molecular weight is 338 g/mol. The van der Waals surface area contributed by atoms with Gasteiger partial charge in [0, 0.05) is 12.0 Å². The van der Waals surface area contributed by atoms with Crippen LogP contribution in [0.3, 0.4) is 0 Å². The molecule has 2 fully saturated rings. The van der Waals surface area contributed by atoms with Crippen LogP contribution in [-0.2, 0) is 6.54 Å². The molecule has 4 heterocycles. The van der Waals surface area contributed by atoms with E-state index in [-0.39, 0.29) is 0 Å². The molecular weight excluding hydrogens is 316 g/mol.